The fourth-order valence-corrected chi connectivity index (χ4v) is 2.66. The Kier molecular flexibility index (Phi) is 4.34. The van der Waals surface area contributed by atoms with Gasteiger partial charge in [0.05, 0.1) is 0 Å². The zero-order chi connectivity index (χ0) is 15.5. The number of nitrogens with zero attached hydrogens (tertiary/aromatic N) is 4. The Hall–Kier alpha value is -2.01. The minimum Gasteiger partial charge on any atom is -0.356 e. The lowest BCUT2D eigenvalue weighted by Crippen LogP contribution is -2.40. The predicted molar refractivity (Wildman–Crippen MR) is 88.8 cm³/mol. The van der Waals surface area contributed by atoms with Gasteiger partial charge in [0.2, 0.25) is 0 Å². The van der Waals surface area contributed by atoms with Crippen LogP contribution >= 0.6 is 0 Å². The smallest absolute Gasteiger partial charge is 0.163 e. The molecule has 2 aromatic rings. The Labute approximate surface area is 131 Å². The number of aromatic nitrogens is 3. The first kappa shape index (κ1) is 14.9. The molecule has 2 aromatic heterocycles. The number of rotatable bonds is 3. The van der Waals surface area contributed by atoms with E-state index in [1.807, 2.05) is 18.3 Å². The minimum atomic E-state index is 0.320. The fraction of sp³-hybridized carbons (Fsp3) is 0.471. The van der Waals surface area contributed by atoms with Crippen molar-refractivity contribution >= 4 is 5.82 Å². The Balaban J connectivity index is 1.97. The molecule has 1 saturated heterocycles. The zero-order valence-electron chi connectivity index (χ0n) is 13.2. The van der Waals surface area contributed by atoms with E-state index >= 15 is 0 Å². The second-order valence-corrected chi connectivity index (χ2v) is 6.20. The SMILES string of the molecule is CC(C)c1cc(N2CCC(N)CC2)nc(-c2cccnc2)n1. The van der Waals surface area contributed by atoms with Crippen molar-refractivity contribution in [3.63, 3.8) is 0 Å². The van der Waals surface area contributed by atoms with Crippen molar-refractivity contribution in [2.75, 3.05) is 18.0 Å². The van der Waals surface area contributed by atoms with E-state index in [2.05, 4.69) is 29.8 Å². The van der Waals surface area contributed by atoms with Gasteiger partial charge in [-0.25, -0.2) is 9.97 Å². The first-order valence-corrected chi connectivity index (χ1v) is 7.93. The Morgan fingerprint density at radius 3 is 2.64 bits per heavy atom. The average Bonchev–Trinajstić information content (AvgIpc) is 2.56. The van der Waals surface area contributed by atoms with Gasteiger partial charge in [-0.2, -0.15) is 0 Å². The molecule has 0 aromatic carbocycles. The molecular formula is C17H23N5. The van der Waals surface area contributed by atoms with Gasteiger partial charge in [-0.1, -0.05) is 13.8 Å². The molecule has 3 rings (SSSR count). The predicted octanol–water partition coefficient (Wildman–Crippen LogP) is 2.59. The third-order valence-corrected chi connectivity index (χ3v) is 4.11. The normalized spacial score (nSPS) is 16.3. The molecule has 0 radical (unpaired) electrons. The Morgan fingerprint density at radius 2 is 2.00 bits per heavy atom. The summed E-state index contributed by atoms with van der Waals surface area (Å²) >= 11 is 0. The van der Waals surface area contributed by atoms with Crippen LogP contribution in [0, 0.1) is 0 Å². The first-order chi connectivity index (χ1) is 10.6. The highest BCUT2D eigenvalue weighted by molar-refractivity contribution is 5.57. The Morgan fingerprint density at radius 1 is 1.23 bits per heavy atom. The van der Waals surface area contributed by atoms with Crippen molar-refractivity contribution in [2.45, 2.75) is 38.6 Å². The molecule has 1 fully saturated rings. The number of pyridine rings is 1. The van der Waals surface area contributed by atoms with Gasteiger partial charge < -0.3 is 10.6 Å². The molecule has 3 heterocycles. The third-order valence-electron chi connectivity index (χ3n) is 4.11. The van der Waals surface area contributed by atoms with Gasteiger partial charge in [-0.15, -0.1) is 0 Å². The molecule has 0 bridgehead atoms. The molecule has 0 saturated carbocycles. The molecule has 5 nitrogen and oxygen atoms in total. The largest absolute Gasteiger partial charge is 0.356 e. The second-order valence-electron chi connectivity index (χ2n) is 6.20. The monoisotopic (exact) mass is 297 g/mol. The summed E-state index contributed by atoms with van der Waals surface area (Å²) in [6.07, 6.45) is 5.62. The van der Waals surface area contributed by atoms with Crippen molar-refractivity contribution in [3.05, 3.63) is 36.3 Å². The summed E-state index contributed by atoms with van der Waals surface area (Å²) in [7, 11) is 0. The van der Waals surface area contributed by atoms with E-state index in [1.54, 1.807) is 6.20 Å². The van der Waals surface area contributed by atoms with E-state index in [9.17, 15) is 0 Å². The van der Waals surface area contributed by atoms with Crippen molar-refractivity contribution in [3.8, 4) is 11.4 Å². The van der Waals surface area contributed by atoms with Gasteiger partial charge in [0, 0.05) is 48.8 Å². The molecule has 5 heteroatoms. The average molecular weight is 297 g/mol. The molecule has 0 spiro atoms. The topological polar surface area (TPSA) is 67.9 Å². The molecule has 22 heavy (non-hydrogen) atoms. The maximum absolute atomic E-state index is 6.01. The van der Waals surface area contributed by atoms with Crippen LogP contribution in [0.5, 0.6) is 0 Å². The van der Waals surface area contributed by atoms with Crippen LogP contribution in [-0.2, 0) is 0 Å². The lowest BCUT2D eigenvalue weighted by molar-refractivity contribution is 0.498. The molecule has 0 atom stereocenters. The summed E-state index contributed by atoms with van der Waals surface area (Å²) in [6.45, 7) is 6.24. The van der Waals surface area contributed by atoms with Gasteiger partial charge in [0.15, 0.2) is 5.82 Å². The van der Waals surface area contributed by atoms with Crippen LogP contribution in [0.25, 0.3) is 11.4 Å². The highest BCUT2D eigenvalue weighted by atomic mass is 15.2. The van der Waals surface area contributed by atoms with Gasteiger partial charge in [0.1, 0.15) is 5.82 Å². The number of hydrogen-bond donors (Lipinski definition) is 1. The number of anilines is 1. The number of piperidine rings is 1. The quantitative estimate of drug-likeness (QED) is 0.943. The fourth-order valence-electron chi connectivity index (χ4n) is 2.66. The molecular weight excluding hydrogens is 274 g/mol. The van der Waals surface area contributed by atoms with Crippen molar-refractivity contribution in [1.29, 1.82) is 0 Å². The first-order valence-electron chi connectivity index (χ1n) is 7.93. The highest BCUT2D eigenvalue weighted by Crippen LogP contribution is 2.25. The van der Waals surface area contributed by atoms with Crippen LogP contribution in [0.3, 0.4) is 0 Å². The molecule has 116 valence electrons. The van der Waals surface area contributed by atoms with E-state index in [1.165, 1.54) is 0 Å². The molecule has 2 N–H and O–H groups in total. The third kappa shape index (κ3) is 3.25. The zero-order valence-corrected chi connectivity index (χ0v) is 13.2. The van der Waals surface area contributed by atoms with Gasteiger partial charge >= 0.3 is 0 Å². The maximum Gasteiger partial charge on any atom is 0.163 e. The van der Waals surface area contributed by atoms with Crippen LogP contribution in [0.15, 0.2) is 30.6 Å². The molecule has 1 aliphatic rings. The lowest BCUT2D eigenvalue weighted by Gasteiger charge is -2.31. The Bertz CT molecular complexity index is 618. The standard InChI is InChI=1S/C17H23N5/c1-12(2)15-10-16(22-8-5-14(18)6-9-22)21-17(20-15)13-4-3-7-19-11-13/h3-4,7,10-12,14H,5-6,8-9,18H2,1-2H3. The van der Waals surface area contributed by atoms with E-state index in [0.717, 1.165) is 48.8 Å². The van der Waals surface area contributed by atoms with Crippen molar-refractivity contribution < 1.29 is 0 Å². The number of nitrogens with two attached hydrogens (primary N) is 1. The molecule has 1 aliphatic heterocycles. The van der Waals surface area contributed by atoms with Gasteiger partial charge in [0.25, 0.3) is 0 Å². The minimum absolute atomic E-state index is 0.320. The van der Waals surface area contributed by atoms with Crippen LogP contribution in [0.2, 0.25) is 0 Å². The van der Waals surface area contributed by atoms with Crippen molar-refractivity contribution in [2.24, 2.45) is 5.73 Å². The van der Waals surface area contributed by atoms with E-state index < -0.39 is 0 Å². The van der Waals surface area contributed by atoms with Crippen LogP contribution in [-0.4, -0.2) is 34.1 Å². The second kappa shape index (κ2) is 6.40. The van der Waals surface area contributed by atoms with Crippen LogP contribution < -0.4 is 10.6 Å². The van der Waals surface area contributed by atoms with E-state index in [0.29, 0.717) is 12.0 Å². The summed E-state index contributed by atoms with van der Waals surface area (Å²) in [6, 6.07) is 6.35. The number of hydrogen-bond acceptors (Lipinski definition) is 5. The van der Waals surface area contributed by atoms with E-state index in [-0.39, 0.29) is 0 Å². The summed E-state index contributed by atoms with van der Waals surface area (Å²) in [4.78, 5) is 16.0. The molecule has 0 amide bonds. The molecule has 0 unspecified atom stereocenters. The summed E-state index contributed by atoms with van der Waals surface area (Å²) in [5.41, 5.74) is 8.03. The highest BCUT2D eigenvalue weighted by Gasteiger charge is 2.19. The molecule has 0 aliphatic carbocycles. The maximum atomic E-state index is 6.01. The summed E-state index contributed by atoms with van der Waals surface area (Å²) in [5.74, 6) is 2.12. The van der Waals surface area contributed by atoms with Gasteiger partial charge in [-0.05, 0) is 30.9 Å². The van der Waals surface area contributed by atoms with Gasteiger partial charge in [-0.3, -0.25) is 4.98 Å². The van der Waals surface area contributed by atoms with Crippen molar-refractivity contribution in [1.82, 2.24) is 15.0 Å². The van der Waals surface area contributed by atoms with Crippen LogP contribution in [0.4, 0.5) is 5.82 Å². The van der Waals surface area contributed by atoms with E-state index in [4.69, 9.17) is 15.7 Å². The summed E-state index contributed by atoms with van der Waals surface area (Å²) in [5, 5.41) is 0. The van der Waals surface area contributed by atoms with Crippen LogP contribution in [0.1, 0.15) is 38.3 Å². The summed E-state index contributed by atoms with van der Waals surface area (Å²) < 4.78 is 0. The lowest BCUT2D eigenvalue weighted by atomic mass is 10.1.